The second-order valence-electron chi connectivity index (χ2n) is 5.31. The monoisotopic (exact) mass is 318 g/mol. The smallest absolute Gasteiger partial charge is 0.312 e. The molecule has 1 unspecified atom stereocenters. The highest BCUT2D eigenvalue weighted by Crippen LogP contribution is 2.26. The summed E-state index contributed by atoms with van der Waals surface area (Å²) in [6.45, 7) is 2.88. The van der Waals surface area contributed by atoms with Gasteiger partial charge in [-0.1, -0.05) is 38.0 Å². The van der Waals surface area contributed by atoms with Crippen LogP contribution in [0.4, 0.5) is 0 Å². The van der Waals surface area contributed by atoms with Crippen molar-refractivity contribution in [1.82, 2.24) is 0 Å². The molecule has 118 valence electrons. The number of carboxylic acids is 1. The Morgan fingerprint density at radius 2 is 2.14 bits per heavy atom. The second kappa shape index (κ2) is 8.59. The third kappa shape index (κ3) is 4.88. The van der Waals surface area contributed by atoms with Crippen LogP contribution < -0.4 is 4.74 Å². The van der Waals surface area contributed by atoms with Gasteiger partial charge >= 0.3 is 5.97 Å². The van der Waals surface area contributed by atoms with Crippen LogP contribution in [-0.2, 0) is 11.2 Å². The highest BCUT2D eigenvalue weighted by Gasteiger charge is 2.21. The maximum atomic E-state index is 11.5. The van der Waals surface area contributed by atoms with E-state index in [1.807, 2.05) is 41.8 Å². The topological polar surface area (TPSA) is 46.5 Å². The van der Waals surface area contributed by atoms with E-state index in [1.165, 1.54) is 24.2 Å². The normalized spacial score (nSPS) is 12.0. The quantitative estimate of drug-likeness (QED) is 0.680. The Morgan fingerprint density at radius 3 is 2.82 bits per heavy atom. The van der Waals surface area contributed by atoms with Crippen molar-refractivity contribution < 1.29 is 14.6 Å². The number of aliphatic carboxylic acids is 1. The fraction of sp³-hybridized carbons (Fsp3) is 0.389. The van der Waals surface area contributed by atoms with Gasteiger partial charge < -0.3 is 9.84 Å². The van der Waals surface area contributed by atoms with Crippen LogP contribution in [0.1, 0.15) is 42.5 Å². The van der Waals surface area contributed by atoms with Crippen molar-refractivity contribution in [1.29, 1.82) is 0 Å². The Morgan fingerprint density at radius 1 is 1.27 bits per heavy atom. The summed E-state index contributed by atoms with van der Waals surface area (Å²) in [5.74, 6) is -0.448. The van der Waals surface area contributed by atoms with E-state index in [9.17, 15) is 9.90 Å². The first kappa shape index (κ1) is 16.6. The van der Waals surface area contributed by atoms with E-state index in [4.69, 9.17) is 4.74 Å². The van der Waals surface area contributed by atoms with E-state index in [0.717, 1.165) is 22.6 Å². The predicted octanol–water partition coefficient (Wildman–Crippen LogP) is 4.73. The number of unbranched alkanes of at least 4 members (excludes halogenated alkanes) is 2. The molecule has 2 aromatic rings. The van der Waals surface area contributed by atoms with Crippen LogP contribution in [0, 0.1) is 0 Å². The van der Waals surface area contributed by atoms with Crippen LogP contribution in [-0.4, -0.2) is 17.7 Å². The van der Waals surface area contributed by atoms with Crippen molar-refractivity contribution in [2.75, 3.05) is 6.61 Å². The van der Waals surface area contributed by atoms with E-state index >= 15 is 0 Å². The van der Waals surface area contributed by atoms with Crippen LogP contribution in [0.2, 0.25) is 0 Å². The number of carbonyl (C=O) groups is 1. The average Bonchev–Trinajstić information content (AvgIpc) is 3.03. The minimum Gasteiger partial charge on any atom is -0.494 e. The molecule has 0 bridgehead atoms. The van der Waals surface area contributed by atoms with Gasteiger partial charge in [-0.05, 0) is 42.0 Å². The van der Waals surface area contributed by atoms with E-state index in [0.29, 0.717) is 13.0 Å². The lowest BCUT2D eigenvalue weighted by atomic mass is 9.98. The molecule has 1 aromatic heterocycles. The lowest BCUT2D eigenvalue weighted by Crippen LogP contribution is -2.13. The molecule has 0 aliphatic heterocycles. The first-order valence-electron chi connectivity index (χ1n) is 7.68. The summed E-state index contributed by atoms with van der Waals surface area (Å²) in [6, 6.07) is 11.5. The van der Waals surface area contributed by atoms with Crippen molar-refractivity contribution in [3.05, 3.63) is 52.2 Å². The van der Waals surface area contributed by atoms with Crippen LogP contribution in [0.5, 0.6) is 5.75 Å². The number of carboxylic acid groups (broad SMARTS) is 1. The molecule has 0 amide bonds. The molecule has 0 fully saturated rings. The largest absolute Gasteiger partial charge is 0.494 e. The molecule has 3 nitrogen and oxygen atoms in total. The predicted molar refractivity (Wildman–Crippen MR) is 89.9 cm³/mol. The van der Waals surface area contributed by atoms with Crippen molar-refractivity contribution in [2.45, 2.75) is 38.5 Å². The molecule has 4 heteroatoms. The third-order valence-electron chi connectivity index (χ3n) is 3.54. The first-order chi connectivity index (χ1) is 10.7. The Hall–Kier alpha value is -1.81. The molecule has 2 rings (SSSR count). The van der Waals surface area contributed by atoms with Gasteiger partial charge in [0.25, 0.3) is 0 Å². The fourth-order valence-electron chi connectivity index (χ4n) is 2.34. The summed E-state index contributed by atoms with van der Waals surface area (Å²) in [7, 11) is 0. The molecule has 0 aliphatic carbocycles. The Bertz CT molecular complexity index is 578. The maximum Gasteiger partial charge on any atom is 0.312 e. The second-order valence-corrected chi connectivity index (χ2v) is 6.29. The van der Waals surface area contributed by atoms with Gasteiger partial charge in [0, 0.05) is 4.88 Å². The molecule has 1 heterocycles. The highest BCUT2D eigenvalue weighted by atomic mass is 32.1. The van der Waals surface area contributed by atoms with Crippen LogP contribution in [0.25, 0.3) is 0 Å². The summed E-state index contributed by atoms with van der Waals surface area (Å²) in [5.41, 5.74) is 0.994. The average molecular weight is 318 g/mol. The van der Waals surface area contributed by atoms with E-state index < -0.39 is 11.9 Å². The molecule has 0 radical (unpaired) electrons. The molecule has 1 atom stereocenters. The van der Waals surface area contributed by atoms with Gasteiger partial charge in [0.05, 0.1) is 12.5 Å². The number of ether oxygens (including phenoxy) is 1. The molecule has 0 aliphatic rings. The van der Waals surface area contributed by atoms with Gasteiger partial charge in [0.2, 0.25) is 0 Å². The third-order valence-corrected chi connectivity index (χ3v) is 4.53. The maximum absolute atomic E-state index is 11.5. The Labute approximate surface area is 135 Å². The Balaban J connectivity index is 2.00. The van der Waals surface area contributed by atoms with Crippen molar-refractivity contribution in [3.8, 4) is 5.75 Å². The van der Waals surface area contributed by atoms with Gasteiger partial charge in [-0.2, -0.15) is 0 Å². The molecular formula is C18H22O3S. The van der Waals surface area contributed by atoms with Crippen LogP contribution >= 0.6 is 11.3 Å². The molecule has 22 heavy (non-hydrogen) atoms. The zero-order valence-electron chi connectivity index (χ0n) is 12.8. The van der Waals surface area contributed by atoms with Gasteiger partial charge in [-0.3, -0.25) is 4.79 Å². The number of benzene rings is 1. The molecule has 1 aromatic carbocycles. The summed E-state index contributed by atoms with van der Waals surface area (Å²) in [6.07, 6.45) is 3.87. The number of rotatable bonds is 9. The van der Waals surface area contributed by atoms with E-state index in [2.05, 4.69) is 6.92 Å². The number of hydrogen-bond acceptors (Lipinski definition) is 3. The van der Waals surface area contributed by atoms with Gasteiger partial charge in [-0.25, -0.2) is 0 Å². The summed E-state index contributed by atoms with van der Waals surface area (Å²) >= 11 is 1.49. The standard InChI is InChI=1S/C18H22O3S/c1-2-3-4-10-21-15-8-5-7-14(12-15)13-16(18(19)20)17-9-6-11-22-17/h5-9,11-12,16H,2-4,10,13H2,1H3,(H,19,20). The van der Waals surface area contributed by atoms with E-state index in [-0.39, 0.29) is 0 Å². The summed E-state index contributed by atoms with van der Waals surface area (Å²) < 4.78 is 5.74. The minimum atomic E-state index is -0.781. The number of thiophene rings is 1. The molecule has 0 saturated carbocycles. The fourth-order valence-corrected chi connectivity index (χ4v) is 3.16. The lowest BCUT2D eigenvalue weighted by molar-refractivity contribution is -0.138. The molecule has 0 saturated heterocycles. The van der Waals surface area contributed by atoms with E-state index in [1.54, 1.807) is 0 Å². The molecule has 0 spiro atoms. The molecular weight excluding hydrogens is 296 g/mol. The minimum absolute atomic E-state index is 0.488. The summed E-state index contributed by atoms with van der Waals surface area (Å²) in [5, 5.41) is 11.4. The molecule has 1 N–H and O–H groups in total. The summed E-state index contributed by atoms with van der Waals surface area (Å²) in [4.78, 5) is 12.4. The first-order valence-corrected chi connectivity index (χ1v) is 8.56. The van der Waals surface area contributed by atoms with Gasteiger partial charge in [-0.15, -0.1) is 11.3 Å². The van der Waals surface area contributed by atoms with Crippen molar-refractivity contribution in [2.24, 2.45) is 0 Å². The SMILES string of the molecule is CCCCCOc1cccc(CC(C(=O)O)c2cccs2)c1. The van der Waals surface area contributed by atoms with Crippen LogP contribution in [0.3, 0.4) is 0 Å². The highest BCUT2D eigenvalue weighted by molar-refractivity contribution is 7.10. The van der Waals surface area contributed by atoms with Gasteiger partial charge in [0.1, 0.15) is 5.75 Å². The Kier molecular flexibility index (Phi) is 6.46. The lowest BCUT2D eigenvalue weighted by Gasteiger charge is -2.12. The number of hydrogen-bond donors (Lipinski definition) is 1. The van der Waals surface area contributed by atoms with Gasteiger partial charge in [0.15, 0.2) is 0 Å². The van der Waals surface area contributed by atoms with Crippen molar-refractivity contribution >= 4 is 17.3 Å². The zero-order valence-corrected chi connectivity index (χ0v) is 13.6. The van der Waals surface area contributed by atoms with Crippen molar-refractivity contribution in [3.63, 3.8) is 0 Å². The zero-order chi connectivity index (χ0) is 15.8. The van der Waals surface area contributed by atoms with Crippen LogP contribution in [0.15, 0.2) is 41.8 Å².